The summed E-state index contributed by atoms with van der Waals surface area (Å²) in [5, 5.41) is 13.1. The first kappa shape index (κ1) is 15.1. The second-order valence-corrected chi connectivity index (χ2v) is 5.58. The number of phenols is 1. The Bertz CT molecular complexity index is 970. The van der Waals surface area contributed by atoms with Gasteiger partial charge in [-0.3, -0.25) is 9.88 Å². The van der Waals surface area contributed by atoms with Crippen LogP contribution in [0, 0.1) is 0 Å². The fourth-order valence-electron chi connectivity index (χ4n) is 3.00. The van der Waals surface area contributed by atoms with Crippen LogP contribution in [-0.4, -0.2) is 34.8 Å². The molecular formula is C17H17N5O3. The predicted octanol–water partition coefficient (Wildman–Crippen LogP) is 2.05. The molecule has 0 spiro atoms. The fraction of sp³-hybridized carbons (Fsp3) is 0.176. The van der Waals surface area contributed by atoms with Crippen molar-refractivity contribution < 1.29 is 14.6 Å². The summed E-state index contributed by atoms with van der Waals surface area (Å²) in [4.78, 5) is 9.07. The van der Waals surface area contributed by atoms with Crippen LogP contribution in [0.4, 0.5) is 5.95 Å². The molecule has 1 aromatic heterocycles. The molecule has 0 bridgehead atoms. The lowest BCUT2D eigenvalue weighted by molar-refractivity contribution is 0.338. The Morgan fingerprint density at radius 2 is 1.84 bits per heavy atom. The number of para-hydroxylation sites is 2. The van der Waals surface area contributed by atoms with Gasteiger partial charge in [-0.1, -0.05) is 12.1 Å². The number of nitrogens with one attached hydrogen (secondary N) is 1. The standard InChI is InChI=1S/C17H17N5O3/c1-24-12-7-9(8-13(25-2)14(12)23)15-20-16(18)21-17-19-10-5-3-4-6-11(10)22(15)17/h3-8,15,23H,1-2H3,(H3,18,19,20,21). The molecule has 0 amide bonds. The van der Waals surface area contributed by atoms with Crippen LogP contribution in [0.25, 0.3) is 11.0 Å². The van der Waals surface area contributed by atoms with Gasteiger partial charge in [0.25, 0.3) is 0 Å². The van der Waals surface area contributed by atoms with E-state index in [1.54, 1.807) is 12.1 Å². The summed E-state index contributed by atoms with van der Waals surface area (Å²) in [6, 6.07) is 11.2. The first-order chi connectivity index (χ1) is 12.1. The number of aliphatic imine (C=N–C) groups is 1. The van der Waals surface area contributed by atoms with Gasteiger partial charge in [-0.2, -0.15) is 0 Å². The second kappa shape index (κ2) is 5.59. The van der Waals surface area contributed by atoms with Gasteiger partial charge in [0.15, 0.2) is 23.6 Å². The SMILES string of the molecule is COc1cc(C2N=C(N)Nc3nc4ccccc4n32)cc(OC)c1O. The van der Waals surface area contributed by atoms with E-state index in [1.165, 1.54) is 14.2 Å². The molecule has 0 saturated heterocycles. The Kier molecular flexibility index (Phi) is 3.38. The number of anilines is 1. The molecule has 1 unspecified atom stereocenters. The highest BCUT2D eigenvalue weighted by Crippen LogP contribution is 2.41. The number of ether oxygens (including phenoxy) is 2. The first-order valence-electron chi connectivity index (χ1n) is 7.64. The quantitative estimate of drug-likeness (QED) is 0.674. The number of aromatic nitrogens is 2. The van der Waals surface area contributed by atoms with Gasteiger partial charge in [0.2, 0.25) is 11.7 Å². The molecule has 8 heteroatoms. The van der Waals surface area contributed by atoms with Gasteiger partial charge in [0, 0.05) is 5.56 Å². The maximum absolute atomic E-state index is 10.1. The van der Waals surface area contributed by atoms with Crippen molar-refractivity contribution in [2.24, 2.45) is 10.7 Å². The topological polar surface area (TPSA) is 107 Å². The molecule has 0 aliphatic carbocycles. The number of nitrogens with zero attached hydrogens (tertiary/aromatic N) is 3. The number of aromatic hydroxyl groups is 1. The van der Waals surface area contributed by atoms with Crippen LogP contribution < -0.4 is 20.5 Å². The first-order valence-corrected chi connectivity index (χ1v) is 7.64. The number of nitrogens with two attached hydrogens (primary N) is 1. The molecular weight excluding hydrogens is 322 g/mol. The van der Waals surface area contributed by atoms with Crippen molar-refractivity contribution in [3.05, 3.63) is 42.0 Å². The minimum Gasteiger partial charge on any atom is -0.502 e. The highest BCUT2D eigenvalue weighted by molar-refractivity contribution is 5.94. The van der Waals surface area contributed by atoms with E-state index in [9.17, 15) is 5.11 Å². The number of fused-ring (bicyclic) bond motifs is 3. The second-order valence-electron chi connectivity index (χ2n) is 5.58. The lowest BCUT2D eigenvalue weighted by atomic mass is 10.1. The maximum Gasteiger partial charge on any atom is 0.212 e. The largest absolute Gasteiger partial charge is 0.502 e. The van der Waals surface area contributed by atoms with Crippen LogP contribution in [-0.2, 0) is 0 Å². The average molecular weight is 339 g/mol. The summed E-state index contributed by atoms with van der Waals surface area (Å²) >= 11 is 0. The predicted molar refractivity (Wildman–Crippen MR) is 94.3 cm³/mol. The van der Waals surface area contributed by atoms with Crippen molar-refractivity contribution in [2.45, 2.75) is 6.17 Å². The van der Waals surface area contributed by atoms with E-state index < -0.39 is 6.17 Å². The van der Waals surface area contributed by atoms with Crippen LogP contribution in [0.1, 0.15) is 11.7 Å². The summed E-state index contributed by atoms with van der Waals surface area (Å²) in [5.41, 5.74) is 8.44. The van der Waals surface area contributed by atoms with Crippen molar-refractivity contribution in [1.82, 2.24) is 9.55 Å². The molecule has 3 aromatic rings. The summed E-state index contributed by atoms with van der Waals surface area (Å²) in [5.74, 6) is 1.40. The Morgan fingerprint density at radius 1 is 1.16 bits per heavy atom. The maximum atomic E-state index is 10.1. The molecule has 8 nitrogen and oxygen atoms in total. The zero-order valence-electron chi connectivity index (χ0n) is 13.7. The molecule has 1 aliphatic rings. The minimum atomic E-state index is -0.466. The van der Waals surface area contributed by atoms with Gasteiger partial charge in [0.1, 0.15) is 0 Å². The monoisotopic (exact) mass is 339 g/mol. The highest BCUT2D eigenvalue weighted by atomic mass is 16.5. The number of methoxy groups -OCH3 is 2. The molecule has 25 heavy (non-hydrogen) atoms. The molecule has 4 rings (SSSR count). The number of benzene rings is 2. The van der Waals surface area contributed by atoms with E-state index in [4.69, 9.17) is 15.2 Å². The van der Waals surface area contributed by atoms with Crippen LogP contribution in [0.2, 0.25) is 0 Å². The van der Waals surface area contributed by atoms with Crippen molar-refractivity contribution in [3.8, 4) is 17.2 Å². The summed E-state index contributed by atoms with van der Waals surface area (Å²) in [6.07, 6.45) is -0.466. The van der Waals surface area contributed by atoms with Crippen molar-refractivity contribution in [2.75, 3.05) is 19.5 Å². The van der Waals surface area contributed by atoms with Crippen molar-refractivity contribution in [1.29, 1.82) is 0 Å². The molecule has 1 aliphatic heterocycles. The van der Waals surface area contributed by atoms with E-state index in [0.717, 1.165) is 16.6 Å². The number of guanidine groups is 1. The molecule has 1 atom stereocenters. The van der Waals surface area contributed by atoms with E-state index in [0.29, 0.717) is 17.4 Å². The number of rotatable bonds is 3. The number of imidazole rings is 1. The number of hydrogen-bond donors (Lipinski definition) is 3. The summed E-state index contributed by atoms with van der Waals surface area (Å²) in [7, 11) is 2.97. The van der Waals surface area contributed by atoms with Gasteiger partial charge >= 0.3 is 0 Å². The van der Waals surface area contributed by atoms with E-state index in [-0.39, 0.29) is 11.7 Å². The number of phenolic OH excluding ortho intramolecular Hbond substituents is 1. The third-order valence-electron chi connectivity index (χ3n) is 4.14. The van der Waals surface area contributed by atoms with Gasteiger partial charge in [-0.25, -0.2) is 9.98 Å². The molecule has 2 aromatic carbocycles. The molecule has 0 fully saturated rings. The van der Waals surface area contributed by atoms with Crippen molar-refractivity contribution in [3.63, 3.8) is 0 Å². The highest BCUT2D eigenvalue weighted by Gasteiger charge is 2.27. The van der Waals surface area contributed by atoms with Crippen molar-refractivity contribution >= 4 is 22.9 Å². The molecule has 0 radical (unpaired) electrons. The van der Waals surface area contributed by atoms with Crippen LogP contribution in [0.3, 0.4) is 0 Å². The van der Waals surface area contributed by atoms with Gasteiger partial charge in [-0.05, 0) is 24.3 Å². The third kappa shape index (κ3) is 2.30. The van der Waals surface area contributed by atoms with Gasteiger partial charge < -0.3 is 20.3 Å². The summed E-state index contributed by atoms with van der Waals surface area (Å²) in [6.45, 7) is 0. The Labute approximate surface area is 143 Å². The lowest BCUT2D eigenvalue weighted by Gasteiger charge is -2.24. The zero-order chi connectivity index (χ0) is 17.6. The summed E-state index contributed by atoms with van der Waals surface area (Å²) < 4.78 is 12.4. The smallest absolute Gasteiger partial charge is 0.212 e. The van der Waals surface area contributed by atoms with Crippen LogP contribution in [0.5, 0.6) is 17.2 Å². The Hall–Kier alpha value is -3.42. The van der Waals surface area contributed by atoms with Gasteiger partial charge in [-0.15, -0.1) is 0 Å². The minimum absolute atomic E-state index is 0.0599. The van der Waals surface area contributed by atoms with Crippen LogP contribution >= 0.6 is 0 Å². The normalized spacial score (nSPS) is 16.1. The van der Waals surface area contributed by atoms with Crippen LogP contribution in [0.15, 0.2) is 41.4 Å². The Balaban J connectivity index is 1.95. The average Bonchev–Trinajstić information content (AvgIpc) is 2.99. The third-order valence-corrected chi connectivity index (χ3v) is 4.14. The van der Waals surface area contributed by atoms with E-state index >= 15 is 0 Å². The molecule has 0 saturated carbocycles. The van der Waals surface area contributed by atoms with Gasteiger partial charge in [0.05, 0.1) is 25.3 Å². The molecule has 2 heterocycles. The Morgan fingerprint density at radius 3 is 2.52 bits per heavy atom. The van der Waals surface area contributed by atoms with E-state index in [1.807, 2.05) is 28.8 Å². The van der Waals surface area contributed by atoms with E-state index in [2.05, 4.69) is 15.3 Å². The lowest BCUT2D eigenvalue weighted by Crippen LogP contribution is -2.31. The fourth-order valence-corrected chi connectivity index (χ4v) is 3.00. The zero-order valence-corrected chi connectivity index (χ0v) is 13.7. The molecule has 128 valence electrons. The number of hydrogen-bond acceptors (Lipinski definition) is 7. The molecule has 4 N–H and O–H groups in total.